The molecule has 0 atom stereocenters. The van der Waals surface area contributed by atoms with Crippen LogP contribution in [0.25, 0.3) is 0 Å². The summed E-state index contributed by atoms with van der Waals surface area (Å²) in [4.78, 5) is 3.64. The Morgan fingerprint density at radius 2 is 2.00 bits per heavy atom. The van der Waals surface area contributed by atoms with Gasteiger partial charge in [0, 0.05) is 6.20 Å². The van der Waals surface area contributed by atoms with Crippen molar-refractivity contribution in [2.24, 2.45) is 4.99 Å². The van der Waals surface area contributed by atoms with Gasteiger partial charge in [0.05, 0.1) is 5.41 Å². The molecule has 10 heavy (non-hydrogen) atoms. The Balaban J connectivity index is 2.28. The maximum atomic E-state index is 10.3. The van der Waals surface area contributed by atoms with Crippen molar-refractivity contribution >= 4 is 26.5 Å². The fraction of sp³-hybridized carbons (Fsp3) is 0. The van der Waals surface area contributed by atoms with E-state index in [1.54, 1.807) is 0 Å². The maximum absolute atomic E-state index is 10.3. The number of aliphatic imine (C=N–C) groups is 1. The molecule has 0 aliphatic carbocycles. The molecule has 0 aromatic heterocycles. The van der Waals surface area contributed by atoms with Gasteiger partial charge in [0.1, 0.15) is 5.55 Å². The van der Waals surface area contributed by atoms with E-state index < -0.39 is 21.0 Å². The molecule has 7 heteroatoms. The highest BCUT2D eigenvalue weighted by Crippen LogP contribution is 2.62. The molecule has 0 unspecified atom stereocenters. The predicted molar refractivity (Wildman–Crippen MR) is 36.3 cm³/mol. The van der Waals surface area contributed by atoms with E-state index in [9.17, 15) is 8.42 Å². The van der Waals surface area contributed by atoms with Crippen LogP contribution in [-0.2, 0) is 17.7 Å². The van der Waals surface area contributed by atoms with Gasteiger partial charge in [0.15, 0.2) is 0 Å². The average Bonchev–Trinajstić information content (AvgIpc) is 2.10. The summed E-state index contributed by atoms with van der Waals surface area (Å²) in [5, 5.41) is 1.49. The first-order valence-electron chi connectivity index (χ1n) is 2.32. The van der Waals surface area contributed by atoms with E-state index in [0.29, 0.717) is 0 Å². The molecule has 2 aliphatic heterocycles. The first-order chi connectivity index (χ1) is 4.62. The first-order valence-corrected chi connectivity index (χ1v) is 5.26. The molecule has 56 valence electrons. The Hall–Kier alpha value is -0.370. The molecule has 2 aliphatic rings. The third-order valence-electron chi connectivity index (χ3n) is 0.924. The van der Waals surface area contributed by atoms with Gasteiger partial charge in [-0.05, 0) is 0 Å². The first kappa shape index (κ1) is 6.35. The lowest BCUT2D eigenvalue weighted by Gasteiger charge is -2.38. The molecular formula is C3H3NO4S2. The molecule has 2 heterocycles. The molecule has 1 saturated heterocycles. The number of rotatable bonds is 0. The second-order valence-electron chi connectivity index (χ2n) is 1.67. The Morgan fingerprint density at radius 1 is 1.30 bits per heavy atom. The summed E-state index contributed by atoms with van der Waals surface area (Å²) >= 11 is 0. The lowest BCUT2D eigenvalue weighted by Crippen LogP contribution is -2.26. The Kier molecular flexibility index (Phi) is 1.03. The van der Waals surface area contributed by atoms with Gasteiger partial charge >= 0.3 is 10.4 Å². The normalized spacial score (nSPS) is 34.0. The van der Waals surface area contributed by atoms with E-state index in [0.717, 1.165) is 0 Å². The second-order valence-corrected chi connectivity index (χ2v) is 5.24. The zero-order chi connectivity index (χ0) is 7.24. The highest BCUT2D eigenvalue weighted by Gasteiger charge is 2.43. The Labute approximate surface area is 59.4 Å². The standard InChI is InChI=1S/C3H3NO4S2/c5-10(6)7-9(8-10)2-1-4-3-9/h1-3H. The maximum Gasteiger partial charge on any atom is 0.438 e. The van der Waals surface area contributed by atoms with E-state index in [4.69, 9.17) is 0 Å². The van der Waals surface area contributed by atoms with E-state index >= 15 is 0 Å². The summed E-state index contributed by atoms with van der Waals surface area (Å²) in [7, 11) is -5.71. The van der Waals surface area contributed by atoms with Crippen molar-refractivity contribution in [3.63, 3.8) is 0 Å². The van der Waals surface area contributed by atoms with Crippen LogP contribution in [0.5, 0.6) is 0 Å². The van der Waals surface area contributed by atoms with Crippen molar-refractivity contribution in [2.75, 3.05) is 0 Å². The van der Waals surface area contributed by atoms with Gasteiger partial charge in [0.2, 0.25) is 0 Å². The molecule has 0 N–H and O–H groups in total. The van der Waals surface area contributed by atoms with E-state index in [-0.39, 0.29) is 0 Å². The zero-order valence-electron chi connectivity index (χ0n) is 4.63. The van der Waals surface area contributed by atoms with E-state index in [1.807, 2.05) is 0 Å². The minimum Gasteiger partial charge on any atom is -0.246 e. The summed E-state index contributed by atoms with van der Waals surface area (Å²) < 4.78 is 29.6. The van der Waals surface area contributed by atoms with Gasteiger partial charge in [0.25, 0.3) is 0 Å². The van der Waals surface area contributed by atoms with Gasteiger partial charge in [-0.25, -0.2) is 4.99 Å². The van der Waals surface area contributed by atoms with Gasteiger partial charge < -0.3 is 0 Å². The molecular weight excluding hydrogens is 178 g/mol. The number of hydrogen-bond acceptors (Lipinski definition) is 5. The summed E-state index contributed by atoms with van der Waals surface area (Å²) in [6.45, 7) is 0. The monoisotopic (exact) mass is 181 g/mol. The molecule has 1 fully saturated rings. The predicted octanol–water partition coefficient (Wildman–Crippen LogP) is 0.426. The molecule has 2 rings (SSSR count). The van der Waals surface area contributed by atoms with Crippen molar-refractivity contribution in [3.8, 4) is 0 Å². The minimum absolute atomic E-state index is 1.36. The zero-order valence-corrected chi connectivity index (χ0v) is 6.26. The number of nitrogens with zero attached hydrogens (tertiary/aromatic N) is 1. The van der Waals surface area contributed by atoms with Gasteiger partial charge in [-0.2, -0.15) is 8.42 Å². The lowest BCUT2D eigenvalue weighted by atomic mass is 11.1. The van der Waals surface area contributed by atoms with Crippen LogP contribution in [0.3, 0.4) is 0 Å². The SMILES string of the molecule is O=S1(=O)OS2(C=CN=C2)O1. The van der Waals surface area contributed by atoms with Crippen molar-refractivity contribution in [1.82, 2.24) is 0 Å². The Morgan fingerprint density at radius 3 is 2.40 bits per heavy atom. The van der Waals surface area contributed by atoms with Crippen LogP contribution >= 0.6 is 10.6 Å². The van der Waals surface area contributed by atoms with E-state index in [2.05, 4.69) is 12.3 Å². The molecule has 0 radical (unpaired) electrons. The van der Waals surface area contributed by atoms with Crippen LogP contribution in [-0.4, -0.2) is 14.0 Å². The van der Waals surface area contributed by atoms with Crippen LogP contribution in [0.4, 0.5) is 0 Å². The third kappa shape index (κ3) is 0.788. The van der Waals surface area contributed by atoms with Gasteiger partial charge in [-0.3, -0.25) is 0 Å². The largest absolute Gasteiger partial charge is 0.438 e. The summed E-state index contributed by atoms with van der Waals surface area (Å²) in [6.07, 6.45) is 1.45. The van der Waals surface area contributed by atoms with Crippen LogP contribution in [0.1, 0.15) is 0 Å². The second kappa shape index (κ2) is 1.62. The highest BCUT2D eigenvalue weighted by atomic mass is 32.4. The quantitative estimate of drug-likeness (QED) is 0.543. The van der Waals surface area contributed by atoms with Crippen LogP contribution in [0, 0.1) is 0 Å². The molecule has 0 aromatic carbocycles. The summed E-state index contributed by atoms with van der Waals surface area (Å²) in [5.74, 6) is 0. The van der Waals surface area contributed by atoms with Crippen LogP contribution < -0.4 is 0 Å². The van der Waals surface area contributed by atoms with Crippen molar-refractivity contribution < 1.29 is 15.7 Å². The van der Waals surface area contributed by atoms with Crippen molar-refractivity contribution in [2.45, 2.75) is 0 Å². The number of hydrogen-bond donors (Lipinski definition) is 0. The lowest BCUT2D eigenvalue weighted by molar-refractivity contribution is 0.358. The molecule has 0 aromatic rings. The molecule has 0 saturated carbocycles. The Bertz CT molecular complexity index is 289. The summed E-state index contributed by atoms with van der Waals surface area (Å²) in [5.41, 5.74) is 1.36. The fourth-order valence-electron chi connectivity index (χ4n) is 0.621. The average molecular weight is 181 g/mol. The van der Waals surface area contributed by atoms with Gasteiger partial charge in [-0.15, -0.1) is 7.26 Å². The molecule has 1 spiro atoms. The van der Waals surface area contributed by atoms with Gasteiger partial charge in [-0.1, -0.05) is 10.6 Å². The van der Waals surface area contributed by atoms with Crippen LogP contribution in [0.2, 0.25) is 0 Å². The highest BCUT2D eigenvalue weighted by molar-refractivity contribution is 8.47. The molecule has 5 nitrogen and oxygen atoms in total. The van der Waals surface area contributed by atoms with Crippen molar-refractivity contribution in [1.29, 1.82) is 0 Å². The molecule has 0 amide bonds. The fourth-order valence-corrected chi connectivity index (χ4v) is 3.94. The smallest absolute Gasteiger partial charge is 0.246 e. The topological polar surface area (TPSA) is 65.0 Å². The third-order valence-corrected chi connectivity index (χ3v) is 4.88. The summed E-state index contributed by atoms with van der Waals surface area (Å²) in [6, 6.07) is 0. The van der Waals surface area contributed by atoms with E-state index in [1.165, 1.54) is 17.2 Å². The van der Waals surface area contributed by atoms with Crippen LogP contribution in [0.15, 0.2) is 16.6 Å². The van der Waals surface area contributed by atoms with Crippen molar-refractivity contribution in [3.05, 3.63) is 11.6 Å². The minimum atomic E-state index is -3.68. The molecule has 0 bridgehead atoms.